The van der Waals surface area contributed by atoms with Gasteiger partial charge in [-0.05, 0) is 76.2 Å². The summed E-state index contributed by atoms with van der Waals surface area (Å²) < 4.78 is 5.52. The van der Waals surface area contributed by atoms with Crippen LogP contribution < -0.4 is 5.73 Å². The highest BCUT2D eigenvalue weighted by atomic mass is 16.6. The molecule has 124 valence electrons. The second-order valence-electron chi connectivity index (χ2n) is 8.83. The molecule has 2 fully saturated rings. The van der Waals surface area contributed by atoms with Crippen LogP contribution in [0.25, 0.3) is 0 Å². The summed E-state index contributed by atoms with van der Waals surface area (Å²) in [7, 11) is 0. The first-order chi connectivity index (χ1) is 10.3. The largest absolute Gasteiger partial charge is 0.460 e. The molecule has 3 atom stereocenters. The number of ether oxygens (including phenoxy) is 1. The lowest BCUT2D eigenvalue weighted by Crippen LogP contribution is -2.51. The van der Waals surface area contributed by atoms with Gasteiger partial charge in [-0.15, -0.1) is 0 Å². The summed E-state index contributed by atoms with van der Waals surface area (Å²) in [5, 5.41) is 0. The smallest absolute Gasteiger partial charge is 0.306 e. The second kappa shape index (κ2) is 5.67. The molecule has 2 saturated carbocycles. The monoisotopic (exact) mass is 305 g/mol. The van der Waals surface area contributed by atoms with Gasteiger partial charge in [-0.3, -0.25) is 4.79 Å². The van der Waals surface area contributed by atoms with Crippen molar-refractivity contribution in [3.63, 3.8) is 0 Å². The zero-order valence-electron chi connectivity index (χ0n) is 14.4. The number of fused-ring (bicyclic) bond motifs is 1. The van der Waals surface area contributed by atoms with Gasteiger partial charge in [-0.25, -0.2) is 0 Å². The predicted molar refractivity (Wildman–Crippen MR) is 88.2 cm³/mol. The van der Waals surface area contributed by atoms with Crippen LogP contribution in [-0.2, 0) is 9.53 Å². The predicted octanol–water partition coefficient (Wildman–Crippen LogP) is 3.82. The van der Waals surface area contributed by atoms with E-state index < -0.39 is 5.60 Å². The zero-order chi connectivity index (χ0) is 16.0. The maximum Gasteiger partial charge on any atom is 0.306 e. The Labute approximate surface area is 134 Å². The first-order valence-corrected chi connectivity index (χ1v) is 8.93. The van der Waals surface area contributed by atoms with Gasteiger partial charge in [0.15, 0.2) is 0 Å². The summed E-state index contributed by atoms with van der Waals surface area (Å²) in [5.41, 5.74) is 7.26. The summed E-state index contributed by atoms with van der Waals surface area (Å²) in [6.45, 7) is 6.37. The van der Waals surface area contributed by atoms with Crippen molar-refractivity contribution < 1.29 is 9.53 Å². The van der Waals surface area contributed by atoms with Crippen molar-refractivity contribution in [3.8, 4) is 0 Å². The zero-order valence-corrected chi connectivity index (χ0v) is 14.4. The second-order valence-corrected chi connectivity index (χ2v) is 8.83. The van der Waals surface area contributed by atoms with E-state index in [1.54, 1.807) is 5.57 Å². The van der Waals surface area contributed by atoms with E-state index in [9.17, 15) is 4.79 Å². The highest BCUT2D eigenvalue weighted by Crippen LogP contribution is 2.60. The minimum absolute atomic E-state index is 0.0334. The number of carbonyl (C=O) groups excluding carboxylic acids is 1. The van der Waals surface area contributed by atoms with Crippen LogP contribution in [0.5, 0.6) is 0 Å². The topological polar surface area (TPSA) is 52.3 Å². The molecule has 0 bridgehead atoms. The first-order valence-electron chi connectivity index (χ1n) is 8.93. The average Bonchev–Trinajstić information content (AvgIpc) is 3.15. The molecule has 3 nitrogen and oxygen atoms in total. The third-order valence-electron chi connectivity index (χ3n) is 5.72. The average molecular weight is 305 g/mol. The summed E-state index contributed by atoms with van der Waals surface area (Å²) in [6, 6.07) is 0. The summed E-state index contributed by atoms with van der Waals surface area (Å²) in [6.07, 6.45) is 10.8. The molecular formula is C19H31NO2. The van der Waals surface area contributed by atoms with Crippen molar-refractivity contribution >= 4 is 5.97 Å². The van der Waals surface area contributed by atoms with Gasteiger partial charge >= 0.3 is 5.97 Å². The number of esters is 1. The third-order valence-corrected chi connectivity index (χ3v) is 5.72. The van der Waals surface area contributed by atoms with E-state index in [1.165, 1.54) is 32.1 Å². The molecule has 3 aliphatic carbocycles. The SMILES string of the molecule is CC(C)(C)OC(=O)C[C@@]1(CN)C[C@H]2CC(CCC3CC3)=C[C@H]21. The molecule has 0 aromatic heterocycles. The lowest BCUT2D eigenvalue weighted by Gasteiger charge is -2.51. The first kappa shape index (κ1) is 16.0. The van der Waals surface area contributed by atoms with Gasteiger partial charge in [0.1, 0.15) is 5.60 Å². The molecule has 3 aliphatic rings. The van der Waals surface area contributed by atoms with Crippen molar-refractivity contribution in [2.75, 3.05) is 6.54 Å². The highest BCUT2D eigenvalue weighted by molar-refractivity contribution is 5.71. The molecular weight excluding hydrogens is 274 g/mol. The van der Waals surface area contributed by atoms with Crippen LogP contribution in [0.2, 0.25) is 0 Å². The van der Waals surface area contributed by atoms with E-state index in [-0.39, 0.29) is 11.4 Å². The van der Waals surface area contributed by atoms with Gasteiger partial charge < -0.3 is 10.5 Å². The number of hydrogen-bond acceptors (Lipinski definition) is 3. The van der Waals surface area contributed by atoms with Gasteiger partial charge in [0.25, 0.3) is 0 Å². The Hall–Kier alpha value is -0.830. The normalized spacial score (nSPS) is 33.9. The lowest BCUT2D eigenvalue weighted by molar-refractivity contribution is -0.162. The molecule has 0 amide bonds. The van der Waals surface area contributed by atoms with E-state index in [4.69, 9.17) is 10.5 Å². The van der Waals surface area contributed by atoms with E-state index in [1.807, 2.05) is 20.8 Å². The fourth-order valence-corrected chi connectivity index (χ4v) is 4.42. The molecule has 0 spiro atoms. The number of hydrogen-bond donors (Lipinski definition) is 1. The minimum atomic E-state index is -0.406. The fourth-order valence-electron chi connectivity index (χ4n) is 4.42. The van der Waals surface area contributed by atoms with Crippen molar-refractivity contribution in [1.82, 2.24) is 0 Å². The van der Waals surface area contributed by atoms with E-state index in [0.29, 0.717) is 18.9 Å². The number of rotatable bonds is 6. The molecule has 3 rings (SSSR count). The van der Waals surface area contributed by atoms with Crippen molar-refractivity contribution in [1.29, 1.82) is 0 Å². The van der Waals surface area contributed by atoms with Crippen LogP contribution in [-0.4, -0.2) is 18.1 Å². The summed E-state index contributed by atoms with van der Waals surface area (Å²) in [5.74, 6) is 2.16. The van der Waals surface area contributed by atoms with E-state index >= 15 is 0 Å². The Bertz CT molecular complexity index is 472. The Kier molecular flexibility index (Phi) is 4.13. The van der Waals surface area contributed by atoms with Crippen molar-refractivity contribution in [3.05, 3.63) is 11.6 Å². The molecule has 2 N–H and O–H groups in total. The van der Waals surface area contributed by atoms with Gasteiger partial charge in [-0.1, -0.05) is 24.5 Å². The molecule has 0 aromatic rings. The molecule has 0 heterocycles. The molecule has 0 unspecified atom stereocenters. The molecule has 0 aromatic carbocycles. The number of nitrogens with two attached hydrogens (primary N) is 1. The fraction of sp³-hybridized carbons (Fsp3) is 0.842. The molecule has 0 radical (unpaired) electrons. The lowest BCUT2D eigenvalue weighted by atomic mass is 9.53. The van der Waals surface area contributed by atoms with Crippen LogP contribution >= 0.6 is 0 Å². The third kappa shape index (κ3) is 3.40. The Morgan fingerprint density at radius 1 is 1.41 bits per heavy atom. The molecule has 3 heteroatoms. The van der Waals surface area contributed by atoms with Crippen LogP contribution in [0, 0.1) is 23.2 Å². The van der Waals surface area contributed by atoms with Gasteiger partial charge in [0.2, 0.25) is 0 Å². The standard InChI is InChI=1S/C19H31NO2/c1-18(2,3)22-17(21)11-19(12-20)10-15-8-14(9-16(15)19)7-6-13-4-5-13/h9,13,15-16H,4-8,10-12,20H2,1-3H3/t15-,16-,19-/m1/s1. The number of allylic oxidation sites excluding steroid dienone is 2. The Balaban J connectivity index is 1.58. The quantitative estimate of drug-likeness (QED) is 0.599. The van der Waals surface area contributed by atoms with Crippen LogP contribution in [0.1, 0.15) is 65.7 Å². The maximum atomic E-state index is 12.2. The Morgan fingerprint density at radius 2 is 2.14 bits per heavy atom. The highest BCUT2D eigenvalue weighted by Gasteiger charge is 2.55. The maximum absolute atomic E-state index is 12.2. The molecule has 0 aliphatic heterocycles. The summed E-state index contributed by atoms with van der Waals surface area (Å²) in [4.78, 5) is 12.2. The van der Waals surface area contributed by atoms with Gasteiger partial charge in [0.05, 0.1) is 6.42 Å². The van der Waals surface area contributed by atoms with Crippen molar-refractivity contribution in [2.24, 2.45) is 28.9 Å². The van der Waals surface area contributed by atoms with E-state index in [2.05, 4.69) is 6.08 Å². The van der Waals surface area contributed by atoms with E-state index in [0.717, 1.165) is 18.3 Å². The van der Waals surface area contributed by atoms with Gasteiger partial charge in [-0.2, -0.15) is 0 Å². The van der Waals surface area contributed by atoms with Crippen LogP contribution in [0.3, 0.4) is 0 Å². The van der Waals surface area contributed by atoms with Crippen molar-refractivity contribution in [2.45, 2.75) is 71.3 Å². The molecule has 0 saturated heterocycles. The minimum Gasteiger partial charge on any atom is -0.460 e. The Morgan fingerprint density at radius 3 is 2.73 bits per heavy atom. The number of carbonyl (C=O) groups is 1. The van der Waals surface area contributed by atoms with Crippen LogP contribution in [0.4, 0.5) is 0 Å². The summed E-state index contributed by atoms with van der Waals surface area (Å²) >= 11 is 0. The van der Waals surface area contributed by atoms with Crippen LogP contribution in [0.15, 0.2) is 11.6 Å². The molecule has 22 heavy (non-hydrogen) atoms. The van der Waals surface area contributed by atoms with Gasteiger partial charge in [0, 0.05) is 0 Å².